The van der Waals surface area contributed by atoms with Gasteiger partial charge < -0.3 is 90.2 Å². The van der Waals surface area contributed by atoms with Gasteiger partial charge in [0.2, 0.25) is 10.7 Å². The Morgan fingerprint density at radius 3 is 2.00 bits per heavy atom. The van der Waals surface area contributed by atoms with E-state index in [0.717, 1.165) is 13.7 Å². The third-order valence-electron chi connectivity index (χ3n) is 5.15. The van der Waals surface area contributed by atoms with Crippen molar-refractivity contribution in [2.75, 3.05) is 32.2 Å². The fourth-order valence-electron chi connectivity index (χ4n) is 3.68. The molecule has 4 heterocycles. The van der Waals surface area contributed by atoms with Gasteiger partial charge in [-0.25, -0.2) is 0 Å². The zero-order chi connectivity index (χ0) is 31.2. The predicted octanol–water partition coefficient (Wildman–Crippen LogP) is -5.87. The van der Waals surface area contributed by atoms with Crippen LogP contribution in [0.25, 0.3) is 0 Å². The van der Waals surface area contributed by atoms with Crippen LogP contribution in [0.15, 0.2) is 0 Å². The molecule has 0 radical (unpaired) electrons. The first-order valence-corrected chi connectivity index (χ1v) is 24.8. The highest BCUT2D eigenvalue weighted by Gasteiger charge is 2.83. The highest BCUT2D eigenvalue weighted by Crippen LogP contribution is 2.43. The molecule has 10 N–H and O–H groups in total. The molecule has 2 spiro atoms. The van der Waals surface area contributed by atoms with E-state index < -0.39 is 69.0 Å². The number of hydrogen-bond donors (Lipinski definition) is 10. The molecule has 42 heavy (non-hydrogen) atoms. The average Bonchev–Trinajstić information content (AvgIpc) is 3.09. The van der Waals surface area contributed by atoms with Crippen LogP contribution in [0.5, 0.6) is 0 Å². The topological polar surface area (TPSA) is 309 Å². The molecule has 23 nitrogen and oxygen atoms in total. The second-order valence-corrected chi connectivity index (χ2v) is 26.1. The van der Waals surface area contributed by atoms with E-state index in [0.29, 0.717) is 10.7 Å². The number of aliphatic hydroxyl groups excluding tert-OH is 1. The molecule has 1 aromatic rings. The smallest absolute Gasteiger partial charge is 0.391 e. The van der Waals surface area contributed by atoms with Crippen LogP contribution in [0.4, 0.5) is 5.95 Å². The first-order chi connectivity index (χ1) is 19.2. The van der Waals surface area contributed by atoms with E-state index in [2.05, 4.69) is 19.5 Å². The van der Waals surface area contributed by atoms with Gasteiger partial charge in [-0.05, 0) is 18.6 Å². The van der Waals surface area contributed by atoms with Crippen molar-refractivity contribution < 1.29 is 84.9 Å². The Kier molecular flexibility index (Phi) is 10.2. The van der Waals surface area contributed by atoms with E-state index in [1.165, 1.54) is 4.68 Å². The van der Waals surface area contributed by atoms with E-state index in [4.69, 9.17) is 54.3 Å². The molecule has 0 aliphatic carbocycles. The Labute approximate surface area is 249 Å². The summed E-state index contributed by atoms with van der Waals surface area (Å²) in [4.78, 5) is 75.4. The Morgan fingerprint density at radius 2 is 1.48 bits per heavy atom. The number of nitrogens with zero attached hydrogens (tertiary/aromatic N) is 2. The number of aromatic nitrogens is 3. The normalized spacial score (nSPS) is 34.0. The maximum Gasteiger partial charge on any atom is 0.662 e. The SMILES string of the molecule is CO[Si]1(CCCOCC(O)CNc2nc(=S)n(C)[nH]2)O[Si]2(O[Si](C)(O)O[Si](O)(O)O2)O[Si]2(O[Si](O)(O)O[Si](O)(O)O2)O1. The fourth-order valence-corrected chi connectivity index (χ4v) is 28.7. The van der Waals surface area contributed by atoms with Gasteiger partial charge in [0.25, 0.3) is 0 Å². The van der Waals surface area contributed by atoms with Gasteiger partial charge in [-0.3, -0.25) is 9.78 Å². The third kappa shape index (κ3) is 8.79. The number of aryl methyl sites for hydroxylation is 1. The van der Waals surface area contributed by atoms with E-state index in [-0.39, 0.29) is 32.2 Å². The molecule has 3 aliphatic rings. The lowest BCUT2D eigenvalue weighted by molar-refractivity contribution is -0.0953. The summed E-state index contributed by atoms with van der Waals surface area (Å²) < 4.78 is 59.2. The fraction of sp³-hybridized carbons (Fsp3) is 0.818. The molecule has 31 heteroatoms. The summed E-state index contributed by atoms with van der Waals surface area (Å²) in [5.74, 6) is 0.352. The van der Waals surface area contributed by atoms with Crippen LogP contribution in [-0.4, -0.2) is 149 Å². The van der Waals surface area contributed by atoms with E-state index >= 15 is 0 Å². The van der Waals surface area contributed by atoms with Gasteiger partial charge in [-0.1, -0.05) is 0 Å². The van der Waals surface area contributed by atoms with Gasteiger partial charge in [0.1, 0.15) is 0 Å². The zero-order valence-electron chi connectivity index (χ0n) is 22.0. The highest BCUT2D eigenvalue weighted by molar-refractivity contribution is 7.71. The summed E-state index contributed by atoms with van der Waals surface area (Å²) >= 11 is 4.99. The number of rotatable bonds is 10. The molecule has 0 bridgehead atoms. The molecule has 3 saturated heterocycles. The first kappa shape index (κ1) is 34.8. The summed E-state index contributed by atoms with van der Waals surface area (Å²) in [6, 6.07) is -0.220. The minimum atomic E-state index is -5.40. The predicted molar refractivity (Wildman–Crippen MR) is 142 cm³/mol. The van der Waals surface area contributed by atoms with Gasteiger partial charge in [-0.2, -0.15) is 4.98 Å². The average molecular weight is 751 g/mol. The molecule has 3 fully saturated rings. The first-order valence-electron chi connectivity index (χ1n) is 11.8. The zero-order valence-corrected chi connectivity index (χ0v) is 29.8. The summed E-state index contributed by atoms with van der Waals surface area (Å²) in [5.41, 5.74) is 0. The number of H-pyrrole nitrogens is 1. The van der Waals surface area contributed by atoms with Gasteiger partial charge >= 0.3 is 62.8 Å². The van der Waals surface area contributed by atoms with Gasteiger partial charge in [0.15, 0.2) is 0 Å². The monoisotopic (exact) mass is 750 g/mol. The Morgan fingerprint density at radius 1 is 0.905 bits per heavy atom. The van der Waals surface area contributed by atoms with Crippen LogP contribution in [0.1, 0.15) is 6.42 Å². The van der Waals surface area contributed by atoms with Gasteiger partial charge in [-0.15, -0.1) is 0 Å². The van der Waals surface area contributed by atoms with Crippen LogP contribution < -0.4 is 5.32 Å². The quantitative estimate of drug-likeness (QED) is 0.0605. The number of anilines is 1. The molecule has 3 aliphatic heterocycles. The van der Waals surface area contributed by atoms with Gasteiger partial charge in [0.05, 0.1) is 12.7 Å². The van der Waals surface area contributed by atoms with Crippen molar-refractivity contribution in [1.29, 1.82) is 0 Å². The molecular formula is C11H30N4O19SSi7. The maximum atomic E-state index is 10.5. The van der Waals surface area contributed by atoms with Crippen molar-refractivity contribution in [3.8, 4) is 0 Å². The minimum Gasteiger partial charge on any atom is -0.391 e. The van der Waals surface area contributed by atoms with Gasteiger partial charge in [0, 0.05) is 39.9 Å². The van der Waals surface area contributed by atoms with Crippen molar-refractivity contribution in [3.05, 3.63) is 4.77 Å². The number of hydrogen-bond acceptors (Lipinski definition) is 22. The second-order valence-electron chi connectivity index (χ2n) is 8.98. The molecule has 1 aromatic heterocycles. The largest absolute Gasteiger partial charge is 0.662 e. The summed E-state index contributed by atoms with van der Waals surface area (Å²) in [7, 11) is -32.4. The molecule has 0 aromatic carbocycles. The number of nitrogens with one attached hydrogen (secondary N) is 2. The summed E-state index contributed by atoms with van der Waals surface area (Å²) in [6.07, 6.45) is -0.900. The van der Waals surface area contributed by atoms with Crippen LogP contribution in [0, 0.1) is 4.77 Å². The van der Waals surface area contributed by atoms with Crippen molar-refractivity contribution >= 4 is 81.0 Å². The van der Waals surface area contributed by atoms with Crippen LogP contribution in [0.3, 0.4) is 0 Å². The maximum absolute atomic E-state index is 10.5. The lowest BCUT2D eigenvalue weighted by Crippen LogP contribution is -2.85. The Bertz CT molecular complexity index is 1100. The summed E-state index contributed by atoms with van der Waals surface area (Å²) in [5, 5.41) is 15.9. The number of aliphatic hydroxyl groups is 1. The van der Waals surface area contributed by atoms with Crippen LogP contribution in [-0.2, 0) is 53.2 Å². The lowest BCUT2D eigenvalue weighted by Gasteiger charge is -2.52. The van der Waals surface area contributed by atoms with Crippen molar-refractivity contribution in [1.82, 2.24) is 14.8 Å². The molecule has 4 rings (SSSR count). The Balaban J connectivity index is 1.45. The molecule has 4 atom stereocenters. The molecule has 242 valence electrons. The van der Waals surface area contributed by atoms with Crippen LogP contribution >= 0.6 is 12.2 Å². The molecular weight excluding hydrogens is 721 g/mol. The minimum absolute atomic E-state index is 0.0317. The summed E-state index contributed by atoms with van der Waals surface area (Å²) in [6.45, 7) is 0.885. The van der Waals surface area contributed by atoms with Crippen molar-refractivity contribution in [3.63, 3.8) is 0 Å². The Hall–Kier alpha value is -0.0818. The molecule has 0 saturated carbocycles. The van der Waals surface area contributed by atoms with E-state index in [9.17, 15) is 38.7 Å². The van der Waals surface area contributed by atoms with Crippen LogP contribution in [0.2, 0.25) is 12.6 Å². The number of ether oxygens (including phenoxy) is 1. The van der Waals surface area contributed by atoms with E-state index in [1.54, 1.807) is 7.05 Å². The third-order valence-corrected chi connectivity index (χ3v) is 27.0. The molecule has 4 unspecified atom stereocenters. The number of aromatic amines is 1. The van der Waals surface area contributed by atoms with E-state index in [1.807, 2.05) is 0 Å². The van der Waals surface area contributed by atoms with Crippen molar-refractivity contribution in [2.45, 2.75) is 25.1 Å². The second kappa shape index (κ2) is 12.3. The lowest BCUT2D eigenvalue weighted by atomic mass is 10.4. The standard InChI is InChI=1S/C11H30N4O19SSi7/c1-15-11(35)13-10(14-15)12-7-9(16)8-25-5-4-6-37(24-2)28-41(27-36(3,17)26-38(18,19)31-41)34-42(29-37)32-39(20,21)30-40(22,23)33-42/h9,16-23H,4-8H2,1-3H3,(H2,12,13,14,35). The van der Waals surface area contributed by atoms with Crippen molar-refractivity contribution in [2.24, 2.45) is 7.05 Å². The highest BCUT2D eigenvalue weighted by atomic mass is 32.1. The molecule has 0 amide bonds.